The van der Waals surface area contributed by atoms with Crippen molar-refractivity contribution in [3.8, 4) is 0 Å². The number of nitrogens with one attached hydrogen (secondary N) is 2. The Morgan fingerprint density at radius 3 is 2.44 bits per heavy atom. The Kier molecular flexibility index (Phi) is 11.0. The molecule has 174 valence electrons. The van der Waals surface area contributed by atoms with Gasteiger partial charge in [-0.15, -0.1) is 24.0 Å². The number of hydrogen-bond acceptors (Lipinski definition) is 4. The first-order chi connectivity index (χ1) is 15.0. The van der Waals surface area contributed by atoms with Crippen molar-refractivity contribution in [2.24, 2.45) is 4.99 Å². The number of halogens is 1. The molecular formula is C25H35IN4O2. The molecule has 0 bridgehead atoms. The summed E-state index contributed by atoms with van der Waals surface area (Å²) in [5.41, 5.74) is 2.54. The van der Waals surface area contributed by atoms with Crippen molar-refractivity contribution in [3.05, 3.63) is 71.3 Å². The van der Waals surface area contributed by atoms with Gasteiger partial charge >= 0.3 is 5.97 Å². The van der Waals surface area contributed by atoms with E-state index in [1.54, 1.807) is 13.1 Å². The van der Waals surface area contributed by atoms with E-state index in [4.69, 9.17) is 4.74 Å². The van der Waals surface area contributed by atoms with Gasteiger partial charge in [0.25, 0.3) is 0 Å². The molecule has 32 heavy (non-hydrogen) atoms. The van der Waals surface area contributed by atoms with E-state index < -0.39 is 0 Å². The maximum absolute atomic E-state index is 12.4. The standard InChI is InChI=1S/C25H34N4O2.HI/c1-19(2)29-14-12-23(13-15-29)28-25(26-3)27-17-21-10-7-11-22(16-21)24(30)31-18-20-8-5-4-6-9-20;/h4-11,16,19,23H,12-15,17-18H2,1-3H3,(H2,26,27,28);1H. The Hall–Kier alpha value is -2.13. The molecule has 0 aliphatic carbocycles. The molecule has 6 nitrogen and oxygen atoms in total. The highest BCUT2D eigenvalue weighted by atomic mass is 127. The van der Waals surface area contributed by atoms with Crippen molar-refractivity contribution < 1.29 is 9.53 Å². The van der Waals surface area contributed by atoms with E-state index in [1.165, 1.54) is 0 Å². The largest absolute Gasteiger partial charge is 0.457 e. The average Bonchev–Trinajstić information content (AvgIpc) is 2.81. The van der Waals surface area contributed by atoms with Crippen molar-refractivity contribution >= 4 is 35.9 Å². The zero-order valence-corrected chi connectivity index (χ0v) is 21.5. The Bertz CT molecular complexity index is 865. The number of ether oxygens (including phenoxy) is 1. The van der Waals surface area contributed by atoms with Crippen LogP contribution in [0, 0.1) is 0 Å². The molecule has 1 fully saturated rings. The summed E-state index contributed by atoms with van der Waals surface area (Å²) in [5.74, 6) is 0.477. The summed E-state index contributed by atoms with van der Waals surface area (Å²) in [7, 11) is 1.79. The van der Waals surface area contributed by atoms with Gasteiger partial charge in [-0.25, -0.2) is 4.79 Å². The number of esters is 1. The lowest BCUT2D eigenvalue weighted by atomic mass is 10.0. The van der Waals surface area contributed by atoms with Crippen LogP contribution in [0.5, 0.6) is 0 Å². The maximum Gasteiger partial charge on any atom is 0.338 e. The van der Waals surface area contributed by atoms with Gasteiger partial charge in [0.05, 0.1) is 5.56 Å². The molecular weight excluding hydrogens is 515 g/mol. The fraction of sp³-hybridized carbons (Fsp3) is 0.440. The molecule has 1 aliphatic rings. The van der Waals surface area contributed by atoms with E-state index in [2.05, 4.69) is 34.4 Å². The molecule has 2 N–H and O–H groups in total. The van der Waals surface area contributed by atoms with Crippen molar-refractivity contribution in [2.45, 2.75) is 51.9 Å². The summed E-state index contributed by atoms with van der Waals surface area (Å²) < 4.78 is 5.44. The number of carbonyl (C=O) groups excluding carboxylic acids is 1. The van der Waals surface area contributed by atoms with Crippen molar-refractivity contribution in [3.63, 3.8) is 0 Å². The molecule has 1 heterocycles. The van der Waals surface area contributed by atoms with Gasteiger partial charge in [0, 0.05) is 38.8 Å². The number of rotatable bonds is 7. The van der Waals surface area contributed by atoms with Gasteiger partial charge in [0.1, 0.15) is 6.61 Å². The van der Waals surface area contributed by atoms with Crippen molar-refractivity contribution in [1.82, 2.24) is 15.5 Å². The minimum absolute atomic E-state index is 0. The normalized spacial score (nSPS) is 15.2. The fourth-order valence-corrected chi connectivity index (χ4v) is 3.75. The maximum atomic E-state index is 12.4. The van der Waals surface area contributed by atoms with Gasteiger partial charge < -0.3 is 20.3 Å². The van der Waals surface area contributed by atoms with E-state index in [-0.39, 0.29) is 36.6 Å². The summed E-state index contributed by atoms with van der Waals surface area (Å²) >= 11 is 0. The van der Waals surface area contributed by atoms with Gasteiger partial charge in [-0.1, -0.05) is 42.5 Å². The summed E-state index contributed by atoms with van der Waals surface area (Å²) in [6.45, 7) is 7.58. The van der Waals surface area contributed by atoms with Gasteiger partial charge in [-0.3, -0.25) is 4.99 Å². The SMILES string of the molecule is CN=C(NCc1cccc(C(=O)OCc2ccccc2)c1)NC1CCN(C(C)C)CC1.I. The van der Waals surface area contributed by atoms with Gasteiger partial charge in [0.2, 0.25) is 0 Å². The lowest BCUT2D eigenvalue weighted by Crippen LogP contribution is -2.49. The quantitative estimate of drug-likeness (QED) is 0.234. The van der Waals surface area contributed by atoms with Crippen LogP contribution in [0.2, 0.25) is 0 Å². The molecule has 0 unspecified atom stereocenters. The van der Waals surface area contributed by atoms with Gasteiger partial charge in [-0.05, 0) is 49.9 Å². The highest BCUT2D eigenvalue weighted by molar-refractivity contribution is 14.0. The van der Waals surface area contributed by atoms with Crippen LogP contribution in [0.15, 0.2) is 59.6 Å². The summed E-state index contributed by atoms with van der Waals surface area (Å²) in [6, 6.07) is 18.3. The summed E-state index contributed by atoms with van der Waals surface area (Å²) in [6.07, 6.45) is 2.23. The third kappa shape index (κ3) is 8.09. The van der Waals surface area contributed by atoms with Crippen LogP contribution in [0.4, 0.5) is 0 Å². The Morgan fingerprint density at radius 1 is 1.09 bits per heavy atom. The first-order valence-electron chi connectivity index (χ1n) is 11.1. The molecule has 2 aromatic carbocycles. The highest BCUT2D eigenvalue weighted by Gasteiger charge is 2.21. The van der Waals surface area contributed by atoms with Crippen LogP contribution < -0.4 is 10.6 Å². The molecule has 1 saturated heterocycles. The topological polar surface area (TPSA) is 66.0 Å². The first kappa shape index (κ1) is 26.1. The van der Waals surface area contributed by atoms with E-state index >= 15 is 0 Å². The Balaban J connectivity index is 0.00000363. The number of benzene rings is 2. The van der Waals surface area contributed by atoms with E-state index in [9.17, 15) is 4.79 Å². The molecule has 1 aliphatic heterocycles. The molecule has 0 aromatic heterocycles. The second-order valence-electron chi connectivity index (χ2n) is 8.24. The van der Waals surface area contributed by atoms with Crippen LogP contribution in [0.25, 0.3) is 0 Å². The number of aliphatic imine (C=N–C) groups is 1. The molecule has 0 saturated carbocycles. The lowest BCUT2D eigenvalue weighted by molar-refractivity contribution is 0.0472. The van der Waals surface area contributed by atoms with Crippen molar-refractivity contribution in [2.75, 3.05) is 20.1 Å². The zero-order chi connectivity index (χ0) is 22.1. The summed E-state index contributed by atoms with van der Waals surface area (Å²) in [5, 5.41) is 6.90. The number of likely N-dealkylation sites (tertiary alicyclic amines) is 1. The van der Waals surface area contributed by atoms with Crippen LogP contribution >= 0.6 is 24.0 Å². The molecule has 2 aromatic rings. The molecule has 0 radical (unpaired) electrons. The highest BCUT2D eigenvalue weighted by Crippen LogP contribution is 2.13. The summed E-state index contributed by atoms with van der Waals surface area (Å²) in [4.78, 5) is 19.3. The molecule has 0 atom stereocenters. The van der Waals surface area contributed by atoms with Crippen LogP contribution in [0.1, 0.15) is 48.2 Å². The van der Waals surface area contributed by atoms with Crippen LogP contribution in [0.3, 0.4) is 0 Å². The van der Waals surface area contributed by atoms with E-state index in [1.807, 2.05) is 48.5 Å². The number of hydrogen-bond donors (Lipinski definition) is 2. The lowest BCUT2D eigenvalue weighted by Gasteiger charge is -2.35. The monoisotopic (exact) mass is 550 g/mol. The Morgan fingerprint density at radius 2 is 1.78 bits per heavy atom. The van der Waals surface area contributed by atoms with E-state index in [0.717, 1.165) is 43.0 Å². The van der Waals surface area contributed by atoms with Gasteiger partial charge in [-0.2, -0.15) is 0 Å². The second-order valence-corrected chi connectivity index (χ2v) is 8.24. The number of nitrogens with zero attached hydrogens (tertiary/aromatic N) is 2. The van der Waals surface area contributed by atoms with Crippen LogP contribution in [-0.2, 0) is 17.9 Å². The minimum Gasteiger partial charge on any atom is -0.457 e. The number of carbonyl (C=O) groups is 1. The second kappa shape index (κ2) is 13.4. The van der Waals surface area contributed by atoms with Gasteiger partial charge in [0.15, 0.2) is 5.96 Å². The average molecular weight is 550 g/mol. The minimum atomic E-state index is -0.315. The fourth-order valence-electron chi connectivity index (χ4n) is 3.75. The smallest absolute Gasteiger partial charge is 0.338 e. The third-order valence-electron chi connectivity index (χ3n) is 5.66. The molecule has 3 rings (SSSR count). The molecule has 0 spiro atoms. The molecule has 0 amide bonds. The number of guanidine groups is 1. The van der Waals surface area contributed by atoms with Crippen molar-refractivity contribution in [1.29, 1.82) is 0 Å². The number of piperidine rings is 1. The first-order valence-corrected chi connectivity index (χ1v) is 11.1. The Labute approximate surface area is 208 Å². The predicted octanol–water partition coefficient (Wildman–Crippen LogP) is 4.20. The predicted molar refractivity (Wildman–Crippen MR) is 140 cm³/mol. The van der Waals surface area contributed by atoms with Crippen LogP contribution in [-0.4, -0.2) is 49.0 Å². The van der Waals surface area contributed by atoms with E-state index in [0.29, 0.717) is 24.2 Å². The molecule has 7 heteroatoms. The third-order valence-corrected chi connectivity index (χ3v) is 5.66. The zero-order valence-electron chi connectivity index (χ0n) is 19.2.